The first-order valence-corrected chi connectivity index (χ1v) is 12.9. The Balaban J connectivity index is 1.60. The molecule has 1 heterocycles. The highest BCUT2D eigenvalue weighted by molar-refractivity contribution is 14.1. The number of carbonyl (C=O) groups is 2. The molecule has 4 aliphatic carbocycles. The highest BCUT2D eigenvalue weighted by atomic mass is 127. The van der Waals surface area contributed by atoms with E-state index in [4.69, 9.17) is 9.47 Å². The maximum Gasteiger partial charge on any atom is 0.193 e. The van der Waals surface area contributed by atoms with E-state index in [1.807, 2.05) is 6.08 Å². The fraction of sp³-hybridized carbons (Fsp3) is 0.760. The molecule has 176 valence electrons. The van der Waals surface area contributed by atoms with E-state index < -0.39 is 45.0 Å². The van der Waals surface area contributed by atoms with Gasteiger partial charge in [0, 0.05) is 10.8 Å². The molecule has 32 heavy (non-hydrogen) atoms. The Morgan fingerprint density at radius 2 is 2.06 bits per heavy atom. The molecule has 3 saturated carbocycles. The van der Waals surface area contributed by atoms with Crippen LogP contribution in [0, 0.1) is 22.7 Å². The molecule has 0 amide bonds. The van der Waals surface area contributed by atoms with Gasteiger partial charge in [0.2, 0.25) is 0 Å². The summed E-state index contributed by atoms with van der Waals surface area (Å²) >= 11 is 2.46. The van der Waals surface area contributed by atoms with Gasteiger partial charge in [-0.1, -0.05) is 61.4 Å². The largest absolute Gasteiger partial charge is 0.392 e. The van der Waals surface area contributed by atoms with Crippen molar-refractivity contribution in [2.45, 2.75) is 86.8 Å². The molecule has 0 spiro atoms. The molecule has 7 heteroatoms. The van der Waals surface area contributed by atoms with E-state index in [2.05, 4.69) is 43.4 Å². The zero-order chi connectivity index (χ0) is 23.1. The monoisotopic (exact) mass is 556 g/mol. The molecular formula is C25H33IO6. The molecule has 0 aromatic carbocycles. The molecule has 0 bridgehead atoms. The molecule has 0 aromatic heterocycles. The van der Waals surface area contributed by atoms with Gasteiger partial charge in [-0.15, -0.1) is 0 Å². The summed E-state index contributed by atoms with van der Waals surface area (Å²) in [6.45, 7) is 5.67. The van der Waals surface area contributed by atoms with Crippen LogP contribution in [0.5, 0.6) is 0 Å². The van der Waals surface area contributed by atoms with Crippen LogP contribution in [0.1, 0.15) is 59.3 Å². The molecule has 5 rings (SSSR count). The van der Waals surface area contributed by atoms with Gasteiger partial charge >= 0.3 is 0 Å². The van der Waals surface area contributed by atoms with Crippen LogP contribution >= 0.6 is 22.6 Å². The van der Waals surface area contributed by atoms with E-state index in [0.29, 0.717) is 19.3 Å². The van der Waals surface area contributed by atoms with Crippen molar-refractivity contribution in [2.75, 3.05) is 6.61 Å². The lowest BCUT2D eigenvalue weighted by atomic mass is 9.46. The number of ether oxygens (including phenoxy) is 2. The Morgan fingerprint density at radius 3 is 2.75 bits per heavy atom. The van der Waals surface area contributed by atoms with Crippen molar-refractivity contribution in [1.82, 2.24) is 0 Å². The summed E-state index contributed by atoms with van der Waals surface area (Å²) in [5, 5.41) is 21.7. The Bertz CT molecular complexity index is 914. The first-order valence-electron chi connectivity index (χ1n) is 11.9. The third kappa shape index (κ3) is 2.60. The number of rotatable bonds is 4. The lowest BCUT2D eigenvalue weighted by Gasteiger charge is -2.64. The van der Waals surface area contributed by atoms with Gasteiger partial charge in [-0.25, -0.2) is 0 Å². The normalized spacial score (nSPS) is 51.5. The van der Waals surface area contributed by atoms with Crippen LogP contribution in [0.25, 0.3) is 0 Å². The third-order valence-electron chi connectivity index (χ3n) is 9.52. The van der Waals surface area contributed by atoms with Crippen molar-refractivity contribution >= 4 is 34.2 Å². The Labute approximate surface area is 202 Å². The zero-order valence-corrected chi connectivity index (χ0v) is 21.1. The Kier molecular flexibility index (Phi) is 5.38. The molecule has 1 aliphatic heterocycles. The summed E-state index contributed by atoms with van der Waals surface area (Å²) in [4.78, 5) is 25.4. The SMILES string of the molecule is CCC[C@@H]1O[C@@H]2C[C@H]3[C@@H]4CCC5=CC(=O)C=C[C@]5(C)[C@@]4(I)[C@@H](O)C[C@]3(C)[C@]2(C(=O)CO)O1. The number of allylic oxidation sites excluding steroid dienone is 4. The summed E-state index contributed by atoms with van der Waals surface area (Å²) in [5.41, 5.74) is -1.19. The fourth-order valence-electron chi connectivity index (χ4n) is 8.01. The van der Waals surface area contributed by atoms with Gasteiger partial charge in [0.25, 0.3) is 0 Å². The average molecular weight is 556 g/mol. The molecule has 5 aliphatic rings. The van der Waals surface area contributed by atoms with Gasteiger partial charge in [0.05, 0.1) is 15.6 Å². The van der Waals surface area contributed by atoms with E-state index in [0.717, 1.165) is 24.8 Å². The summed E-state index contributed by atoms with van der Waals surface area (Å²) < 4.78 is 12.2. The number of hydrogen-bond donors (Lipinski definition) is 2. The fourth-order valence-corrected chi connectivity index (χ4v) is 9.50. The lowest BCUT2D eigenvalue weighted by molar-refractivity contribution is -0.194. The minimum Gasteiger partial charge on any atom is -0.392 e. The average Bonchev–Trinajstić information content (AvgIpc) is 3.22. The minimum atomic E-state index is -1.22. The van der Waals surface area contributed by atoms with Gasteiger partial charge in [-0.05, 0) is 56.1 Å². The number of Topliss-reactive ketones (excluding diaryl/α,β-unsaturated/α-hetero) is 1. The van der Waals surface area contributed by atoms with Crippen molar-refractivity contribution < 1.29 is 29.3 Å². The lowest BCUT2D eigenvalue weighted by Crippen LogP contribution is -2.69. The van der Waals surface area contributed by atoms with E-state index in [-0.39, 0.29) is 23.4 Å². The quantitative estimate of drug-likeness (QED) is 0.408. The Hall–Kier alpha value is -0.610. The molecule has 6 nitrogen and oxygen atoms in total. The summed E-state index contributed by atoms with van der Waals surface area (Å²) in [6.07, 6.45) is 8.11. The predicted molar refractivity (Wildman–Crippen MR) is 126 cm³/mol. The number of fused-ring (bicyclic) bond motifs is 7. The third-order valence-corrected chi connectivity index (χ3v) is 12.2. The van der Waals surface area contributed by atoms with Crippen LogP contribution in [0.15, 0.2) is 23.8 Å². The van der Waals surface area contributed by atoms with Crippen LogP contribution in [0.3, 0.4) is 0 Å². The minimum absolute atomic E-state index is 0.0118. The second kappa shape index (κ2) is 7.44. The number of alkyl halides is 1. The van der Waals surface area contributed by atoms with Crippen LogP contribution in [-0.4, -0.2) is 55.9 Å². The van der Waals surface area contributed by atoms with Gasteiger partial charge in [0.15, 0.2) is 23.5 Å². The van der Waals surface area contributed by atoms with E-state index >= 15 is 0 Å². The number of halogens is 1. The number of aliphatic hydroxyl groups is 2. The van der Waals surface area contributed by atoms with Crippen molar-refractivity contribution in [1.29, 1.82) is 0 Å². The van der Waals surface area contributed by atoms with Crippen LogP contribution < -0.4 is 0 Å². The van der Waals surface area contributed by atoms with Gasteiger partial charge < -0.3 is 19.7 Å². The van der Waals surface area contributed by atoms with Gasteiger partial charge in [-0.3, -0.25) is 9.59 Å². The Morgan fingerprint density at radius 1 is 1.31 bits per heavy atom. The maximum atomic E-state index is 13.3. The number of hydrogen-bond acceptors (Lipinski definition) is 6. The molecule has 1 saturated heterocycles. The second-order valence-corrected chi connectivity index (χ2v) is 12.6. The summed E-state index contributed by atoms with van der Waals surface area (Å²) in [6, 6.07) is 0. The number of ketones is 2. The van der Waals surface area contributed by atoms with E-state index in [1.54, 1.807) is 12.2 Å². The maximum absolute atomic E-state index is 13.3. The number of carbonyl (C=O) groups excluding carboxylic acids is 2. The highest BCUT2D eigenvalue weighted by Gasteiger charge is 2.78. The van der Waals surface area contributed by atoms with Crippen molar-refractivity contribution in [3.05, 3.63) is 23.8 Å². The second-order valence-electron chi connectivity index (χ2n) is 10.8. The van der Waals surface area contributed by atoms with Crippen molar-refractivity contribution in [3.8, 4) is 0 Å². The molecule has 9 atom stereocenters. The first-order chi connectivity index (χ1) is 15.1. The standard InChI is InChI=1S/C25H33IO6/c1-4-5-21-31-20-11-17-16-7-6-14-10-15(28)8-9-22(14,2)24(16,26)18(29)12-23(17,3)25(20,32-21)19(30)13-27/h8-10,16-18,20-21,27,29H,4-7,11-13H2,1-3H3/t16-,17-,18-,20+,21+,22-,23-,24-,25+/m0/s1. The summed E-state index contributed by atoms with van der Waals surface area (Å²) in [7, 11) is 0. The topological polar surface area (TPSA) is 93.1 Å². The first kappa shape index (κ1) is 23.1. The smallest absolute Gasteiger partial charge is 0.193 e. The van der Waals surface area contributed by atoms with Gasteiger partial charge in [0.1, 0.15) is 6.61 Å². The summed E-state index contributed by atoms with van der Waals surface area (Å²) in [5.74, 6) is -0.0827. The predicted octanol–water partition coefficient (Wildman–Crippen LogP) is 3.27. The molecule has 4 fully saturated rings. The van der Waals surface area contributed by atoms with Crippen LogP contribution in [0.2, 0.25) is 0 Å². The van der Waals surface area contributed by atoms with E-state index in [9.17, 15) is 19.8 Å². The molecule has 0 radical (unpaired) electrons. The van der Waals surface area contributed by atoms with Crippen LogP contribution in [0.4, 0.5) is 0 Å². The van der Waals surface area contributed by atoms with Gasteiger partial charge in [-0.2, -0.15) is 0 Å². The molecule has 0 unspecified atom stereocenters. The molecule has 0 aromatic rings. The highest BCUT2D eigenvalue weighted by Crippen LogP contribution is 2.73. The van der Waals surface area contributed by atoms with E-state index in [1.165, 1.54) is 0 Å². The zero-order valence-electron chi connectivity index (χ0n) is 19.0. The van der Waals surface area contributed by atoms with Crippen LogP contribution in [-0.2, 0) is 19.1 Å². The van der Waals surface area contributed by atoms with Crippen molar-refractivity contribution in [3.63, 3.8) is 0 Å². The molecular weight excluding hydrogens is 523 g/mol. The van der Waals surface area contributed by atoms with Crippen molar-refractivity contribution in [2.24, 2.45) is 22.7 Å². The number of aliphatic hydroxyl groups excluding tert-OH is 2. The molecule has 2 N–H and O–H groups in total.